The van der Waals surface area contributed by atoms with Crippen molar-refractivity contribution < 1.29 is 14.3 Å². The fraction of sp³-hybridized carbons (Fsp3) is 0.778. The van der Waals surface area contributed by atoms with Crippen LogP contribution in [-0.4, -0.2) is 68.1 Å². The summed E-state index contributed by atoms with van der Waals surface area (Å²) in [4.78, 5) is 26.2. The van der Waals surface area contributed by atoms with Crippen molar-refractivity contribution in [1.29, 1.82) is 0 Å². The minimum absolute atomic E-state index is 0.0542. The number of carbonyl (C=O) groups excluding carboxylic acids is 2. The first-order valence-electron chi connectivity index (χ1n) is 4.85. The number of methoxy groups -OCH3 is 1. The Morgan fingerprint density at radius 1 is 1.60 bits per heavy atom. The van der Waals surface area contributed by atoms with Crippen molar-refractivity contribution in [2.75, 3.05) is 40.3 Å². The highest BCUT2D eigenvalue weighted by molar-refractivity contribution is 5.88. The van der Waals surface area contributed by atoms with Gasteiger partial charge in [-0.2, -0.15) is 0 Å². The lowest BCUT2D eigenvalue weighted by Gasteiger charge is -2.33. The predicted octanol–water partition coefficient (Wildman–Crippen LogP) is -1.74. The van der Waals surface area contributed by atoms with Gasteiger partial charge in [0.05, 0.1) is 6.54 Å². The fourth-order valence-corrected chi connectivity index (χ4v) is 1.45. The van der Waals surface area contributed by atoms with Gasteiger partial charge < -0.3 is 20.3 Å². The molecule has 1 aliphatic rings. The van der Waals surface area contributed by atoms with E-state index in [0.717, 1.165) is 0 Å². The van der Waals surface area contributed by atoms with Crippen LogP contribution in [0.5, 0.6) is 0 Å². The van der Waals surface area contributed by atoms with E-state index in [1.165, 1.54) is 12.0 Å². The topological polar surface area (TPSA) is 75.9 Å². The molecule has 86 valence electrons. The van der Waals surface area contributed by atoms with E-state index in [1.807, 2.05) is 0 Å². The summed E-state index contributed by atoms with van der Waals surface area (Å²) >= 11 is 0. The smallest absolute Gasteiger partial charge is 0.253 e. The van der Waals surface area contributed by atoms with Crippen LogP contribution < -0.4 is 5.73 Å². The van der Waals surface area contributed by atoms with E-state index < -0.39 is 6.10 Å². The molecule has 1 saturated heterocycles. The molecule has 2 N–H and O–H groups in total. The van der Waals surface area contributed by atoms with E-state index >= 15 is 0 Å². The predicted molar refractivity (Wildman–Crippen MR) is 54.1 cm³/mol. The number of hydrogen-bond acceptors (Lipinski definition) is 4. The number of nitrogens with two attached hydrogens (primary N) is 1. The third-order valence-electron chi connectivity index (χ3n) is 2.54. The number of amides is 2. The number of carbonyl (C=O) groups is 2. The van der Waals surface area contributed by atoms with Crippen molar-refractivity contribution in [2.45, 2.75) is 6.10 Å². The highest BCUT2D eigenvalue weighted by Gasteiger charge is 2.28. The van der Waals surface area contributed by atoms with Crippen LogP contribution >= 0.6 is 0 Å². The molecule has 0 aromatic carbocycles. The van der Waals surface area contributed by atoms with Crippen molar-refractivity contribution in [3.8, 4) is 0 Å². The maximum absolute atomic E-state index is 11.8. The Bertz CT molecular complexity index is 253. The number of hydrogen-bond donors (Lipinski definition) is 1. The van der Waals surface area contributed by atoms with E-state index in [0.29, 0.717) is 13.1 Å². The van der Waals surface area contributed by atoms with Crippen LogP contribution in [-0.2, 0) is 14.3 Å². The Kier molecular flexibility index (Phi) is 4.05. The SMILES string of the molecule is COC(CN)C(=O)N1CCN(C)C(=O)C1. The summed E-state index contributed by atoms with van der Waals surface area (Å²) in [5, 5.41) is 0. The molecule has 0 radical (unpaired) electrons. The van der Waals surface area contributed by atoms with Crippen LogP contribution in [0.4, 0.5) is 0 Å². The largest absolute Gasteiger partial charge is 0.370 e. The normalized spacial score (nSPS) is 19.3. The van der Waals surface area contributed by atoms with Gasteiger partial charge in [0.2, 0.25) is 5.91 Å². The molecule has 1 aliphatic heterocycles. The van der Waals surface area contributed by atoms with Crippen molar-refractivity contribution in [3.63, 3.8) is 0 Å². The van der Waals surface area contributed by atoms with Gasteiger partial charge in [-0.25, -0.2) is 0 Å². The summed E-state index contributed by atoms with van der Waals surface area (Å²) in [5.74, 6) is -0.261. The van der Waals surface area contributed by atoms with Crippen molar-refractivity contribution in [2.24, 2.45) is 5.73 Å². The number of nitrogens with zero attached hydrogens (tertiary/aromatic N) is 2. The van der Waals surface area contributed by atoms with Gasteiger partial charge in [-0.1, -0.05) is 0 Å². The zero-order valence-electron chi connectivity index (χ0n) is 9.10. The van der Waals surface area contributed by atoms with Crippen LogP contribution in [0.15, 0.2) is 0 Å². The Hall–Kier alpha value is -1.14. The minimum Gasteiger partial charge on any atom is -0.370 e. The molecule has 0 bridgehead atoms. The standard InChI is InChI=1S/C9H17N3O3/c1-11-3-4-12(6-8(11)13)9(14)7(5-10)15-2/h7H,3-6,10H2,1-2H3. The monoisotopic (exact) mass is 215 g/mol. The lowest BCUT2D eigenvalue weighted by Crippen LogP contribution is -2.54. The summed E-state index contributed by atoms with van der Waals surface area (Å²) in [7, 11) is 3.16. The van der Waals surface area contributed by atoms with Gasteiger partial charge in [-0.3, -0.25) is 9.59 Å². The van der Waals surface area contributed by atoms with Crippen LogP contribution in [0, 0.1) is 0 Å². The zero-order valence-corrected chi connectivity index (χ0v) is 9.10. The average molecular weight is 215 g/mol. The Balaban J connectivity index is 2.57. The lowest BCUT2D eigenvalue weighted by molar-refractivity contribution is -0.150. The Morgan fingerprint density at radius 3 is 2.73 bits per heavy atom. The molecule has 0 spiro atoms. The van der Waals surface area contributed by atoms with Crippen molar-refractivity contribution in [1.82, 2.24) is 9.80 Å². The minimum atomic E-state index is -0.638. The number of ether oxygens (including phenoxy) is 1. The van der Waals surface area contributed by atoms with Gasteiger partial charge in [0, 0.05) is 33.8 Å². The molecular weight excluding hydrogens is 198 g/mol. The molecular formula is C9H17N3O3. The average Bonchev–Trinajstić information content (AvgIpc) is 2.23. The summed E-state index contributed by atoms with van der Waals surface area (Å²) in [6, 6.07) is 0. The third kappa shape index (κ3) is 2.66. The lowest BCUT2D eigenvalue weighted by atomic mass is 10.2. The molecule has 1 rings (SSSR count). The summed E-state index contributed by atoms with van der Waals surface area (Å²) in [6.07, 6.45) is -0.638. The molecule has 0 aromatic heterocycles. The molecule has 1 unspecified atom stereocenters. The molecule has 2 amide bonds. The maximum Gasteiger partial charge on any atom is 0.253 e. The molecule has 0 aromatic rings. The van der Waals surface area contributed by atoms with Gasteiger partial charge in [-0.15, -0.1) is 0 Å². The molecule has 0 aliphatic carbocycles. The summed E-state index contributed by atoms with van der Waals surface area (Å²) in [6.45, 7) is 1.36. The summed E-state index contributed by atoms with van der Waals surface area (Å²) in [5.41, 5.74) is 5.38. The van der Waals surface area contributed by atoms with Crippen LogP contribution in [0.2, 0.25) is 0 Å². The van der Waals surface area contributed by atoms with Crippen molar-refractivity contribution in [3.05, 3.63) is 0 Å². The van der Waals surface area contributed by atoms with Crippen LogP contribution in [0.25, 0.3) is 0 Å². The van der Waals surface area contributed by atoms with Gasteiger partial charge in [0.15, 0.2) is 0 Å². The first kappa shape index (κ1) is 11.9. The molecule has 6 nitrogen and oxygen atoms in total. The van der Waals surface area contributed by atoms with E-state index in [9.17, 15) is 9.59 Å². The number of rotatable bonds is 3. The highest BCUT2D eigenvalue weighted by atomic mass is 16.5. The second-order valence-corrected chi connectivity index (χ2v) is 3.54. The zero-order chi connectivity index (χ0) is 11.4. The molecule has 15 heavy (non-hydrogen) atoms. The first-order chi connectivity index (χ1) is 7.10. The molecule has 1 heterocycles. The van der Waals surface area contributed by atoms with E-state index in [1.54, 1.807) is 11.9 Å². The molecule has 0 saturated carbocycles. The second-order valence-electron chi connectivity index (χ2n) is 3.54. The van der Waals surface area contributed by atoms with Crippen LogP contribution in [0.1, 0.15) is 0 Å². The number of likely N-dealkylation sites (N-methyl/N-ethyl adjacent to an activating group) is 1. The van der Waals surface area contributed by atoms with Gasteiger partial charge in [0.25, 0.3) is 5.91 Å². The molecule has 1 fully saturated rings. The van der Waals surface area contributed by atoms with E-state index in [2.05, 4.69) is 0 Å². The first-order valence-corrected chi connectivity index (χ1v) is 4.85. The second kappa shape index (κ2) is 5.09. The molecule has 6 heteroatoms. The van der Waals surface area contributed by atoms with Gasteiger partial charge >= 0.3 is 0 Å². The fourth-order valence-electron chi connectivity index (χ4n) is 1.45. The maximum atomic E-state index is 11.8. The Labute approximate surface area is 88.9 Å². The molecule has 1 atom stereocenters. The third-order valence-corrected chi connectivity index (χ3v) is 2.54. The van der Waals surface area contributed by atoms with Gasteiger partial charge in [0.1, 0.15) is 6.10 Å². The van der Waals surface area contributed by atoms with E-state index in [4.69, 9.17) is 10.5 Å². The Morgan fingerprint density at radius 2 is 2.27 bits per heavy atom. The van der Waals surface area contributed by atoms with E-state index in [-0.39, 0.29) is 24.9 Å². The quantitative estimate of drug-likeness (QED) is 0.606. The van der Waals surface area contributed by atoms with Gasteiger partial charge in [-0.05, 0) is 0 Å². The van der Waals surface area contributed by atoms with Crippen molar-refractivity contribution >= 4 is 11.8 Å². The van der Waals surface area contributed by atoms with Crippen LogP contribution in [0.3, 0.4) is 0 Å². The summed E-state index contributed by atoms with van der Waals surface area (Å²) < 4.78 is 4.94. The highest BCUT2D eigenvalue weighted by Crippen LogP contribution is 2.04. The number of piperazine rings is 1.